The van der Waals surface area contributed by atoms with Gasteiger partial charge in [0.05, 0.1) is 7.11 Å². The van der Waals surface area contributed by atoms with Crippen molar-refractivity contribution in [1.29, 1.82) is 0 Å². The number of hydrogen-bond donors (Lipinski definition) is 0. The monoisotopic (exact) mass is 338 g/mol. The fourth-order valence-electron chi connectivity index (χ4n) is 3.10. The van der Waals surface area contributed by atoms with E-state index in [2.05, 4.69) is 0 Å². The van der Waals surface area contributed by atoms with Gasteiger partial charge in [-0.2, -0.15) is 0 Å². The van der Waals surface area contributed by atoms with E-state index >= 15 is 0 Å². The van der Waals surface area contributed by atoms with Gasteiger partial charge in [-0.1, -0.05) is 12.1 Å². The topological polar surface area (TPSA) is 49.9 Å². The lowest BCUT2D eigenvalue weighted by Gasteiger charge is -2.39. The Balaban J connectivity index is 1.77. The van der Waals surface area contributed by atoms with Crippen molar-refractivity contribution < 1.29 is 14.3 Å². The van der Waals surface area contributed by atoms with Gasteiger partial charge in [-0.25, -0.2) is 0 Å². The van der Waals surface area contributed by atoms with Crippen LogP contribution in [0.15, 0.2) is 48.5 Å². The first kappa shape index (κ1) is 17.0. The Bertz CT molecular complexity index is 786. The molecule has 1 heterocycles. The highest BCUT2D eigenvalue weighted by Gasteiger charge is 2.35. The summed E-state index contributed by atoms with van der Waals surface area (Å²) < 4.78 is 5.12. The van der Waals surface area contributed by atoms with Crippen molar-refractivity contribution in [3.63, 3.8) is 0 Å². The second-order valence-corrected chi connectivity index (χ2v) is 6.23. The van der Waals surface area contributed by atoms with Crippen molar-refractivity contribution in [2.45, 2.75) is 19.9 Å². The minimum atomic E-state index is -0.496. The fourth-order valence-corrected chi connectivity index (χ4v) is 3.10. The van der Waals surface area contributed by atoms with E-state index in [9.17, 15) is 9.59 Å². The van der Waals surface area contributed by atoms with Crippen LogP contribution >= 0.6 is 0 Å². The molecule has 1 atom stereocenters. The quantitative estimate of drug-likeness (QED) is 0.865. The molecule has 3 rings (SSSR count). The van der Waals surface area contributed by atoms with Gasteiger partial charge >= 0.3 is 0 Å². The van der Waals surface area contributed by atoms with Gasteiger partial charge in [0.25, 0.3) is 5.91 Å². The SMILES string of the molecule is COc1ccc(C(=O)N2CCN(c3cccc(C)c3)C(=O)[C@H]2C)cc1. The number of ether oxygens (including phenoxy) is 1. The lowest BCUT2D eigenvalue weighted by molar-refractivity contribution is -0.124. The van der Waals surface area contributed by atoms with E-state index in [0.717, 1.165) is 11.3 Å². The highest BCUT2D eigenvalue weighted by molar-refractivity contribution is 6.03. The molecule has 0 saturated carbocycles. The summed E-state index contributed by atoms with van der Waals surface area (Å²) in [6.07, 6.45) is 0. The lowest BCUT2D eigenvalue weighted by Crippen LogP contribution is -2.57. The number of amides is 2. The van der Waals surface area contributed by atoms with E-state index < -0.39 is 6.04 Å². The van der Waals surface area contributed by atoms with Crippen LogP contribution in [0.3, 0.4) is 0 Å². The van der Waals surface area contributed by atoms with Crippen molar-refractivity contribution in [2.75, 3.05) is 25.1 Å². The van der Waals surface area contributed by atoms with Gasteiger partial charge in [0.1, 0.15) is 11.8 Å². The second kappa shape index (κ2) is 6.97. The molecular weight excluding hydrogens is 316 g/mol. The van der Waals surface area contributed by atoms with Gasteiger partial charge in [-0.3, -0.25) is 9.59 Å². The van der Waals surface area contributed by atoms with E-state index in [4.69, 9.17) is 4.74 Å². The molecule has 0 radical (unpaired) electrons. The average molecular weight is 338 g/mol. The van der Waals surface area contributed by atoms with Crippen molar-refractivity contribution in [2.24, 2.45) is 0 Å². The van der Waals surface area contributed by atoms with Crippen LogP contribution < -0.4 is 9.64 Å². The second-order valence-electron chi connectivity index (χ2n) is 6.23. The predicted molar refractivity (Wildman–Crippen MR) is 97.0 cm³/mol. The molecule has 0 aliphatic carbocycles. The molecule has 1 fully saturated rings. The van der Waals surface area contributed by atoms with Crippen LogP contribution in [0.2, 0.25) is 0 Å². The number of carbonyl (C=O) groups excluding carboxylic acids is 2. The zero-order valence-corrected chi connectivity index (χ0v) is 14.7. The molecule has 2 aromatic carbocycles. The molecular formula is C20H22N2O3. The van der Waals surface area contributed by atoms with Gasteiger partial charge in [0, 0.05) is 24.3 Å². The molecule has 0 aromatic heterocycles. The largest absolute Gasteiger partial charge is 0.497 e. The number of aryl methyl sites for hydroxylation is 1. The van der Waals surface area contributed by atoms with Crippen LogP contribution in [0.4, 0.5) is 5.69 Å². The number of anilines is 1. The van der Waals surface area contributed by atoms with Crippen molar-refractivity contribution in [3.8, 4) is 5.75 Å². The maximum atomic E-state index is 12.8. The molecule has 0 spiro atoms. The number of rotatable bonds is 3. The van der Waals surface area contributed by atoms with Crippen LogP contribution in [-0.4, -0.2) is 43.0 Å². The molecule has 130 valence electrons. The number of piperazine rings is 1. The first-order chi connectivity index (χ1) is 12.0. The van der Waals surface area contributed by atoms with E-state index in [0.29, 0.717) is 24.4 Å². The van der Waals surface area contributed by atoms with Crippen LogP contribution in [0, 0.1) is 6.92 Å². The summed E-state index contributed by atoms with van der Waals surface area (Å²) in [6.45, 7) is 4.78. The van der Waals surface area contributed by atoms with E-state index in [1.165, 1.54) is 0 Å². The molecule has 1 saturated heterocycles. The number of nitrogens with zero attached hydrogens (tertiary/aromatic N) is 2. The van der Waals surface area contributed by atoms with Crippen LogP contribution in [-0.2, 0) is 4.79 Å². The number of benzene rings is 2. The summed E-state index contributed by atoms with van der Waals surface area (Å²) >= 11 is 0. The lowest BCUT2D eigenvalue weighted by atomic mass is 10.1. The third-order valence-corrected chi connectivity index (χ3v) is 4.57. The third kappa shape index (κ3) is 3.36. The van der Waals surface area contributed by atoms with E-state index in [1.54, 1.807) is 48.1 Å². The summed E-state index contributed by atoms with van der Waals surface area (Å²) in [4.78, 5) is 29.0. The molecule has 5 nitrogen and oxygen atoms in total. The summed E-state index contributed by atoms with van der Waals surface area (Å²) in [5.74, 6) is 0.510. The number of hydrogen-bond acceptors (Lipinski definition) is 3. The zero-order chi connectivity index (χ0) is 18.0. The van der Waals surface area contributed by atoms with Gasteiger partial charge in [0.2, 0.25) is 5.91 Å². The molecule has 0 bridgehead atoms. The molecule has 5 heteroatoms. The zero-order valence-electron chi connectivity index (χ0n) is 14.7. The maximum absolute atomic E-state index is 12.8. The van der Waals surface area contributed by atoms with Gasteiger partial charge in [-0.15, -0.1) is 0 Å². The minimum Gasteiger partial charge on any atom is -0.497 e. The first-order valence-corrected chi connectivity index (χ1v) is 8.34. The normalized spacial score (nSPS) is 17.6. The summed E-state index contributed by atoms with van der Waals surface area (Å²) in [7, 11) is 1.59. The standard InChI is InChI=1S/C20H22N2O3/c1-14-5-4-6-17(13-14)22-12-11-21(15(2)19(22)23)20(24)16-7-9-18(25-3)10-8-16/h4-10,13,15H,11-12H2,1-3H3/t15-/m1/s1. The molecule has 0 N–H and O–H groups in total. The fraction of sp³-hybridized carbons (Fsp3) is 0.300. The summed E-state index contributed by atoms with van der Waals surface area (Å²) in [6, 6.07) is 14.3. The first-order valence-electron chi connectivity index (χ1n) is 8.34. The number of methoxy groups -OCH3 is 1. The maximum Gasteiger partial charge on any atom is 0.254 e. The molecule has 1 aliphatic rings. The van der Waals surface area contributed by atoms with Crippen molar-refractivity contribution in [1.82, 2.24) is 4.90 Å². The highest BCUT2D eigenvalue weighted by Crippen LogP contribution is 2.23. The highest BCUT2D eigenvalue weighted by atomic mass is 16.5. The minimum absolute atomic E-state index is 0.0567. The Morgan fingerprint density at radius 1 is 1.12 bits per heavy atom. The predicted octanol–water partition coefficient (Wildman–Crippen LogP) is 2.88. The smallest absolute Gasteiger partial charge is 0.254 e. The Morgan fingerprint density at radius 2 is 1.84 bits per heavy atom. The molecule has 1 aliphatic heterocycles. The Labute approximate surface area is 147 Å². The Hall–Kier alpha value is -2.82. The molecule has 0 unspecified atom stereocenters. The third-order valence-electron chi connectivity index (χ3n) is 4.57. The van der Waals surface area contributed by atoms with Gasteiger partial charge in [0.15, 0.2) is 0 Å². The molecule has 2 amide bonds. The Kier molecular flexibility index (Phi) is 4.74. The average Bonchev–Trinajstić information content (AvgIpc) is 2.63. The van der Waals surface area contributed by atoms with Crippen LogP contribution in [0.5, 0.6) is 5.75 Å². The Morgan fingerprint density at radius 3 is 2.48 bits per heavy atom. The van der Waals surface area contributed by atoms with Gasteiger partial charge < -0.3 is 14.5 Å². The number of carbonyl (C=O) groups is 2. The van der Waals surface area contributed by atoms with Crippen LogP contribution in [0.25, 0.3) is 0 Å². The van der Waals surface area contributed by atoms with Crippen molar-refractivity contribution >= 4 is 17.5 Å². The summed E-state index contributed by atoms with van der Waals surface area (Å²) in [5.41, 5.74) is 2.55. The van der Waals surface area contributed by atoms with E-state index in [-0.39, 0.29) is 11.8 Å². The van der Waals surface area contributed by atoms with Crippen molar-refractivity contribution in [3.05, 3.63) is 59.7 Å². The molecule has 2 aromatic rings. The molecule has 25 heavy (non-hydrogen) atoms. The summed E-state index contributed by atoms with van der Waals surface area (Å²) in [5, 5.41) is 0. The van der Waals surface area contributed by atoms with Crippen LogP contribution in [0.1, 0.15) is 22.8 Å². The van der Waals surface area contributed by atoms with E-state index in [1.807, 2.05) is 31.2 Å². The van der Waals surface area contributed by atoms with Gasteiger partial charge in [-0.05, 0) is 55.8 Å².